The summed E-state index contributed by atoms with van der Waals surface area (Å²) < 4.78 is 0. The molecule has 0 radical (unpaired) electrons. The first-order valence-corrected chi connectivity index (χ1v) is 8.06. The lowest BCUT2D eigenvalue weighted by Gasteiger charge is -2.50. The Kier molecular flexibility index (Phi) is 3.64. The fourth-order valence-electron chi connectivity index (χ4n) is 4.13. The van der Waals surface area contributed by atoms with Crippen LogP contribution in [0.5, 0.6) is 0 Å². The van der Waals surface area contributed by atoms with Gasteiger partial charge in [-0.15, -0.1) is 0 Å². The topological polar surface area (TPSA) is 46.2 Å². The Bertz CT molecular complexity index is 478. The van der Waals surface area contributed by atoms with Crippen LogP contribution in [0.1, 0.15) is 50.2 Å². The third-order valence-corrected chi connectivity index (χ3v) is 5.96. The molecule has 0 saturated heterocycles. The van der Waals surface area contributed by atoms with Gasteiger partial charge < -0.3 is 10.8 Å². The van der Waals surface area contributed by atoms with E-state index < -0.39 is 5.60 Å². The summed E-state index contributed by atoms with van der Waals surface area (Å²) in [6.07, 6.45) is 7.82. The summed E-state index contributed by atoms with van der Waals surface area (Å²) in [6.45, 7) is 2.62. The van der Waals surface area contributed by atoms with E-state index in [1.807, 2.05) is 6.92 Å². The Hall–Kier alpha value is -0.860. The van der Waals surface area contributed by atoms with Crippen LogP contribution in [0, 0.1) is 11.3 Å². The van der Waals surface area contributed by atoms with E-state index in [0.717, 1.165) is 25.7 Å². The summed E-state index contributed by atoms with van der Waals surface area (Å²) in [5, 5.41) is 11.2. The van der Waals surface area contributed by atoms with Gasteiger partial charge in [0.2, 0.25) is 0 Å². The van der Waals surface area contributed by atoms with Crippen LogP contribution in [0.4, 0.5) is 0 Å². The normalized spacial score (nSPS) is 29.4. The van der Waals surface area contributed by atoms with Gasteiger partial charge in [-0.1, -0.05) is 43.5 Å². The third kappa shape index (κ3) is 2.29. The summed E-state index contributed by atoms with van der Waals surface area (Å²) >= 11 is 0. The zero-order chi connectivity index (χ0) is 14.2. The van der Waals surface area contributed by atoms with Crippen LogP contribution in [-0.2, 0) is 12.8 Å². The van der Waals surface area contributed by atoms with Crippen molar-refractivity contribution in [2.24, 2.45) is 17.1 Å². The highest BCUT2D eigenvalue weighted by Crippen LogP contribution is 2.47. The third-order valence-electron chi connectivity index (χ3n) is 5.96. The Labute approximate surface area is 122 Å². The predicted molar refractivity (Wildman–Crippen MR) is 82.5 cm³/mol. The van der Waals surface area contributed by atoms with Crippen LogP contribution in [0.25, 0.3) is 0 Å². The van der Waals surface area contributed by atoms with Gasteiger partial charge in [0.05, 0.1) is 5.60 Å². The largest absolute Gasteiger partial charge is 0.390 e. The van der Waals surface area contributed by atoms with E-state index >= 15 is 0 Å². The van der Waals surface area contributed by atoms with Crippen molar-refractivity contribution in [1.82, 2.24) is 0 Å². The molecule has 3 rings (SSSR count). The van der Waals surface area contributed by atoms with E-state index in [0.29, 0.717) is 12.5 Å². The lowest BCUT2D eigenvalue weighted by molar-refractivity contribution is -0.0958. The molecule has 2 nitrogen and oxygen atoms in total. The van der Waals surface area contributed by atoms with E-state index in [2.05, 4.69) is 24.3 Å². The summed E-state index contributed by atoms with van der Waals surface area (Å²) in [5.41, 5.74) is 8.20. The second kappa shape index (κ2) is 5.16. The van der Waals surface area contributed by atoms with E-state index in [1.165, 1.54) is 30.4 Å². The van der Waals surface area contributed by atoms with Crippen molar-refractivity contribution in [3.8, 4) is 0 Å². The van der Waals surface area contributed by atoms with Gasteiger partial charge in [0, 0.05) is 12.0 Å². The molecule has 0 amide bonds. The van der Waals surface area contributed by atoms with Crippen molar-refractivity contribution in [3.63, 3.8) is 0 Å². The number of benzene rings is 1. The summed E-state index contributed by atoms with van der Waals surface area (Å²) in [7, 11) is 0. The minimum absolute atomic E-state index is 0.142. The number of rotatable bonds is 4. The maximum Gasteiger partial charge on any atom is 0.0693 e. The van der Waals surface area contributed by atoms with Gasteiger partial charge in [-0.25, -0.2) is 0 Å². The molecule has 2 aliphatic carbocycles. The smallest absolute Gasteiger partial charge is 0.0693 e. The number of fused-ring (bicyclic) bond motifs is 1. The zero-order valence-corrected chi connectivity index (χ0v) is 12.6. The highest BCUT2D eigenvalue weighted by atomic mass is 16.3. The van der Waals surface area contributed by atoms with E-state index in [4.69, 9.17) is 5.73 Å². The molecule has 110 valence electrons. The molecule has 2 aliphatic rings. The van der Waals surface area contributed by atoms with Crippen molar-refractivity contribution in [3.05, 3.63) is 35.4 Å². The molecule has 1 fully saturated rings. The second-order valence-electron chi connectivity index (χ2n) is 7.20. The minimum atomic E-state index is -0.639. The summed E-state index contributed by atoms with van der Waals surface area (Å²) in [5.74, 6) is 0.714. The first-order valence-electron chi connectivity index (χ1n) is 8.06. The van der Waals surface area contributed by atoms with Crippen molar-refractivity contribution in [1.29, 1.82) is 0 Å². The van der Waals surface area contributed by atoms with Gasteiger partial charge in [0.1, 0.15) is 0 Å². The van der Waals surface area contributed by atoms with Crippen molar-refractivity contribution in [2.75, 3.05) is 6.54 Å². The van der Waals surface area contributed by atoms with Crippen LogP contribution >= 0.6 is 0 Å². The van der Waals surface area contributed by atoms with Gasteiger partial charge in [-0.3, -0.25) is 0 Å². The molecule has 3 N–H and O–H groups in total. The van der Waals surface area contributed by atoms with E-state index in [1.54, 1.807) is 0 Å². The molecule has 1 aromatic carbocycles. The summed E-state index contributed by atoms with van der Waals surface area (Å²) in [6, 6.07) is 8.64. The highest BCUT2D eigenvalue weighted by molar-refractivity contribution is 5.32. The summed E-state index contributed by atoms with van der Waals surface area (Å²) in [4.78, 5) is 0. The highest BCUT2D eigenvalue weighted by Gasteiger charge is 2.48. The van der Waals surface area contributed by atoms with Gasteiger partial charge in [-0.05, 0) is 49.7 Å². The van der Waals surface area contributed by atoms with Crippen LogP contribution in [-0.4, -0.2) is 17.3 Å². The van der Waals surface area contributed by atoms with Crippen LogP contribution in [0.3, 0.4) is 0 Å². The van der Waals surface area contributed by atoms with Gasteiger partial charge in [0.15, 0.2) is 0 Å². The number of hydrogen-bond donors (Lipinski definition) is 2. The molecule has 0 spiro atoms. The lowest BCUT2D eigenvalue weighted by Crippen LogP contribution is -2.55. The fourth-order valence-corrected chi connectivity index (χ4v) is 4.13. The number of nitrogens with two attached hydrogens (primary N) is 1. The first-order chi connectivity index (χ1) is 9.56. The molecule has 0 heterocycles. The predicted octanol–water partition coefficient (Wildman–Crippen LogP) is 3.06. The second-order valence-corrected chi connectivity index (χ2v) is 7.20. The Morgan fingerprint density at radius 3 is 2.60 bits per heavy atom. The Morgan fingerprint density at radius 1 is 1.30 bits per heavy atom. The Balaban J connectivity index is 1.84. The average Bonchev–Trinajstić information content (AvgIpc) is 2.42. The molecule has 2 unspecified atom stereocenters. The lowest BCUT2D eigenvalue weighted by atomic mass is 9.59. The van der Waals surface area contributed by atoms with Crippen molar-refractivity contribution < 1.29 is 5.11 Å². The molecule has 0 aliphatic heterocycles. The number of aliphatic hydroxyl groups is 1. The fraction of sp³-hybridized carbons (Fsp3) is 0.667. The minimum Gasteiger partial charge on any atom is -0.390 e. The van der Waals surface area contributed by atoms with Gasteiger partial charge in [0.25, 0.3) is 0 Å². The maximum absolute atomic E-state index is 11.2. The molecule has 1 aromatic rings. The molecular formula is C18H27NO. The van der Waals surface area contributed by atoms with Crippen molar-refractivity contribution in [2.45, 2.75) is 57.5 Å². The molecule has 2 atom stereocenters. The van der Waals surface area contributed by atoms with Crippen LogP contribution in [0.2, 0.25) is 0 Å². The number of aryl methyl sites for hydroxylation is 1. The Morgan fingerprint density at radius 2 is 2.00 bits per heavy atom. The van der Waals surface area contributed by atoms with Crippen molar-refractivity contribution >= 4 is 0 Å². The molecule has 0 aromatic heterocycles. The average molecular weight is 273 g/mol. The van der Waals surface area contributed by atoms with E-state index in [-0.39, 0.29) is 5.41 Å². The maximum atomic E-state index is 11.2. The molecule has 1 saturated carbocycles. The first kappa shape index (κ1) is 14.1. The quantitative estimate of drug-likeness (QED) is 0.885. The monoisotopic (exact) mass is 273 g/mol. The molecule has 20 heavy (non-hydrogen) atoms. The number of hydrogen-bond acceptors (Lipinski definition) is 2. The van der Waals surface area contributed by atoms with Crippen LogP contribution < -0.4 is 5.73 Å². The zero-order valence-electron chi connectivity index (χ0n) is 12.6. The van der Waals surface area contributed by atoms with Crippen LogP contribution in [0.15, 0.2) is 24.3 Å². The molecule has 2 heteroatoms. The molecular weight excluding hydrogens is 246 g/mol. The van der Waals surface area contributed by atoms with E-state index in [9.17, 15) is 5.11 Å². The SMILES string of the molecule is CC(O)(CC1CCC1)C1(CN)CCc2ccccc2C1. The van der Waals surface area contributed by atoms with Gasteiger partial charge in [-0.2, -0.15) is 0 Å². The standard InChI is InChI=1S/C18H27NO/c1-17(20,11-14-5-4-6-14)18(13-19)10-9-15-7-2-3-8-16(15)12-18/h2-3,7-8,14,20H,4-6,9-13,19H2,1H3. The molecule has 0 bridgehead atoms. The van der Waals surface area contributed by atoms with Gasteiger partial charge >= 0.3 is 0 Å².